The van der Waals surface area contributed by atoms with E-state index in [9.17, 15) is 0 Å². The van der Waals surface area contributed by atoms with E-state index < -0.39 is 60.4 Å². The van der Waals surface area contributed by atoms with Crippen LogP contribution in [0.1, 0.15) is 92.7 Å². The summed E-state index contributed by atoms with van der Waals surface area (Å²) in [5.74, 6) is 1.51. The molecule has 6 heteroatoms. The number of para-hydroxylation sites is 1. The molecule has 0 fully saturated rings. The Labute approximate surface area is 465 Å². The summed E-state index contributed by atoms with van der Waals surface area (Å²) < 4.78 is 100. The van der Waals surface area contributed by atoms with Crippen molar-refractivity contribution in [2.24, 2.45) is 0 Å². The van der Waals surface area contributed by atoms with Crippen LogP contribution in [0.15, 0.2) is 200 Å². The van der Waals surface area contributed by atoms with Gasteiger partial charge in [-0.2, -0.15) is 18.2 Å². The third kappa shape index (κ3) is 9.82. The smallest absolute Gasteiger partial charge is 0.267 e. The molecule has 8 aromatic carbocycles. The van der Waals surface area contributed by atoms with E-state index in [4.69, 9.17) is 23.4 Å². The van der Waals surface area contributed by atoms with Crippen LogP contribution in [0.25, 0.3) is 83.6 Å². The average Bonchev–Trinajstić information content (AvgIpc) is 1.51. The Kier molecular flexibility index (Phi) is 10.4. The van der Waals surface area contributed by atoms with Crippen molar-refractivity contribution in [2.45, 2.75) is 78.6 Å². The first-order valence-corrected chi connectivity index (χ1v) is 24.5. The molecule has 3 heterocycles. The summed E-state index contributed by atoms with van der Waals surface area (Å²) in [6.45, 7) is 20.1. The molecule has 0 aliphatic carbocycles. The van der Waals surface area contributed by atoms with E-state index in [1.54, 1.807) is 39.6 Å². The van der Waals surface area contributed by atoms with Gasteiger partial charge in [-0.3, -0.25) is 4.57 Å². The number of pyridine rings is 1. The molecule has 0 aliphatic heterocycles. The second-order valence-corrected chi connectivity index (χ2v) is 21.5. The van der Waals surface area contributed by atoms with Crippen molar-refractivity contribution in [3.63, 3.8) is 0 Å². The predicted octanol–water partition coefficient (Wildman–Crippen LogP) is 17.0. The molecule has 3 aromatic heterocycles. The van der Waals surface area contributed by atoms with E-state index in [1.165, 1.54) is 11.1 Å². The van der Waals surface area contributed by atoms with E-state index in [2.05, 4.69) is 140 Å². The minimum Gasteiger partial charge on any atom is -0.510 e. The molecule has 0 bridgehead atoms. The zero-order valence-electron chi connectivity index (χ0n) is 52.8. The molecule has 0 saturated carbocycles. The zero-order valence-corrected chi connectivity index (χ0v) is 45.1. The van der Waals surface area contributed by atoms with Crippen molar-refractivity contribution in [2.75, 3.05) is 0 Å². The van der Waals surface area contributed by atoms with Crippen LogP contribution in [0.5, 0.6) is 11.5 Å². The maximum atomic E-state index is 9.13. The standard InChI is InChI=1S/C68H60N4O.Pt/c1-66(2,3)51-35-36-69-64(41-51)72-61-34-31-49(50-37-52(67(4,5)6)40-53(38-50)68(7,8)9)39-60(61)59-33-32-56(43-62(59)72)73-55-28-19-27-54(42-55)70-44-63(48-25-17-12-18-26-48)71(45-70)65-57(46-21-13-10-14-22-46)29-20-30-58(65)47-23-15-11-16-24-47;/h10-41,44H,1-9H3;/q-2;/i10D,11D,13D,14D,15D,16D,21D,22D,23D,24D;. The second-order valence-electron chi connectivity index (χ2n) is 21.5. The van der Waals surface area contributed by atoms with Crippen molar-refractivity contribution in [1.29, 1.82) is 0 Å². The fourth-order valence-corrected chi connectivity index (χ4v) is 9.26. The third-order valence-electron chi connectivity index (χ3n) is 13.3. The fourth-order valence-electron chi connectivity index (χ4n) is 9.26. The first-order chi connectivity index (χ1) is 39.2. The van der Waals surface area contributed by atoms with Crippen LogP contribution >= 0.6 is 0 Å². The Morgan fingerprint density at radius 2 is 1.15 bits per heavy atom. The summed E-state index contributed by atoms with van der Waals surface area (Å²) in [7, 11) is 0. The molecule has 0 spiro atoms. The third-order valence-corrected chi connectivity index (χ3v) is 13.3. The van der Waals surface area contributed by atoms with Gasteiger partial charge < -0.3 is 13.9 Å². The normalized spacial score (nSPS) is 13.9. The molecular weight excluding hydrogens is 1080 g/mol. The molecule has 0 unspecified atom stereocenters. The van der Waals surface area contributed by atoms with Gasteiger partial charge in [0.15, 0.2) is 0 Å². The monoisotopic (exact) mass is 1150 g/mol. The number of ether oxygens (including phenoxy) is 1. The Balaban J connectivity index is 0.00000786. The molecule has 0 radical (unpaired) electrons. The van der Waals surface area contributed by atoms with E-state index >= 15 is 0 Å². The van der Waals surface area contributed by atoms with Gasteiger partial charge in [0.1, 0.15) is 5.82 Å². The van der Waals surface area contributed by atoms with Crippen LogP contribution in [0.3, 0.4) is 0 Å². The molecule has 370 valence electrons. The van der Waals surface area contributed by atoms with Crippen LogP contribution < -0.4 is 9.30 Å². The molecule has 0 atom stereocenters. The minimum absolute atomic E-state index is 0. The van der Waals surface area contributed by atoms with Gasteiger partial charge in [0.2, 0.25) is 0 Å². The topological polar surface area (TPSA) is 35.9 Å². The van der Waals surface area contributed by atoms with Gasteiger partial charge in [-0.15, -0.1) is 29.7 Å². The van der Waals surface area contributed by atoms with Gasteiger partial charge >= 0.3 is 0 Å². The summed E-state index contributed by atoms with van der Waals surface area (Å²) in [6.07, 6.45) is 7.07. The molecule has 11 rings (SSSR count). The summed E-state index contributed by atoms with van der Waals surface area (Å²) >= 11 is 0. The van der Waals surface area contributed by atoms with Crippen LogP contribution in [0, 0.1) is 18.5 Å². The molecule has 11 aromatic rings. The maximum Gasteiger partial charge on any atom is 0.267 e. The quantitative estimate of drug-likeness (QED) is 0.107. The summed E-state index contributed by atoms with van der Waals surface area (Å²) in [5, 5.41) is 1.99. The number of hydrogen-bond acceptors (Lipinski definition) is 2. The van der Waals surface area contributed by atoms with Gasteiger partial charge in [-0.05, 0) is 101 Å². The van der Waals surface area contributed by atoms with E-state index in [0.29, 0.717) is 28.4 Å². The molecule has 0 amide bonds. The van der Waals surface area contributed by atoms with E-state index in [-0.39, 0.29) is 65.3 Å². The largest absolute Gasteiger partial charge is 0.510 e. The SMILES string of the molecule is [2H]c1c([2H])c([2H])c(-c2cccc(-c3c([2H])c([2H])c([2H])c([2H])c3[2H])c2-[n+]2[c-]n(-c3[c-]c(Oc4[c-]c5c(cc4)c4cc(-c6cc(C(C)(C)C)cc(C(C)(C)C)c6)ccc4n5-c4cc(C(C)(C)C)ccn4)ccc3)cc2-c2ccccc2)c([2H])c1[2H].[Pt]. The Hall–Kier alpha value is -7.59. The van der Waals surface area contributed by atoms with Crippen LogP contribution in [0.2, 0.25) is 0 Å². The molecule has 5 nitrogen and oxygen atoms in total. The number of hydrogen-bond donors (Lipinski definition) is 0. The molecule has 74 heavy (non-hydrogen) atoms. The number of fused-ring (bicyclic) bond motifs is 3. The summed E-state index contributed by atoms with van der Waals surface area (Å²) in [5.41, 5.74) is 9.11. The number of aromatic nitrogens is 4. The van der Waals surface area contributed by atoms with Crippen molar-refractivity contribution in [3.05, 3.63) is 235 Å². The van der Waals surface area contributed by atoms with E-state index in [1.807, 2.05) is 54.7 Å². The number of nitrogens with zero attached hydrogens (tertiary/aromatic N) is 4. The maximum absolute atomic E-state index is 9.13. The second kappa shape index (κ2) is 19.7. The first kappa shape index (κ1) is 38.9. The van der Waals surface area contributed by atoms with Crippen molar-refractivity contribution in [3.8, 4) is 73.3 Å². The van der Waals surface area contributed by atoms with Crippen LogP contribution in [0.4, 0.5) is 0 Å². The Bertz CT molecular complexity index is 4260. The Morgan fingerprint density at radius 1 is 0.527 bits per heavy atom. The van der Waals surface area contributed by atoms with Gasteiger partial charge in [0.25, 0.3) is 6.33 Å². The predicted molar refractivity (Wildman–Crippen MR) is 300 cm³/mol. The van der Waals surface area contributed by atoms with Gasteiger partial charge in [0.05, 0.1) is 25.1 Å². The number of rotatable bonds is 9. The average molecular weight is 1150 g/mol. The van der Waals surface area contributed by atoms with Gasteiger partial charge in [-0.1, -0.05) is 207 Å². The summed E-state index contributed by atoms with van der Waals surface area (Å²) in [4.78, 5) is 4.95. The van der Waals surface area contributed by atoms with Crippen LogP contribution in [-0.4, -0.2) is 14.1 Å². The van der Waals surface area contributed by atoms with Crippen molar-refractivity contribution >= 4 is 21.8 Å². The van der Waals surface area contributed by atoms with Crippen LogP contribution in [-0.2, 0) is 37.3 Å². The molecule has 0 saturated heterocycles. The molecule has 0 aliphatic rings. The fraction of sp³-hybridized carbons (Fsp3) is 0.176. The minimum atomic E-state index is -0.579. The first-order valence-electron chi connectivity index (χ1n) is 29.5. The zero-order chi connectivity index (χ0) is 59.4. The number of benzene rings is 8. The van der Waals surface area contributed by atoms with E-state index in [0.717, 1.165) is 44.3 Å². The van der Waals surface area contributed by atoms with Crippen molar-refractivity contribution in [1.82, 2.24) is 14.1 Å². The molecule has 0 N–H and O–H groups in total. The van der Waals surface area contributed by atoms with Crippen molar-refractivity contribution < 1.29 is 44.1 Å². The van der Waals surface area contributed by atoms with Gasteiger partial charge in [0, 0.05) is 50.5 Å². The van der Waals surface area contributed by atoms with Gasteiger partial charge in [-0.25, -0.2) is 4.98 Å². The molecular formula is C68H60N4OPt-2. The summed E-state index contributed by atoms with van der Waals surface area (Å²) in [6, 6.07) is 42.9. The number of imidazole rings is 1. The Morgan fingerprint density at radius 3 is 1.78 bits per heavy atom.